The molecule has 2 rings (SSSR count). The molecule has 0 aliphatic carbocycles. The van der Waals surface area contributed by atoms with E-state index in [0.717, 1.165) is 0 Å². The molecule has 1 aromatic rings. The highest BCUT2D eigenvalue weighted by Crippen LogP contribution is 2.12. The van der Waals surface area contributed by atoms with E-state index in [2.05, 4.69) is 15.5 Å². The van der Waals surface area contributed by atoms with Crippen molar-refractivity contribution in [2.75, 3.05) is 11.5 Å². The first-order chi connectivity index (χ1) is 8.46. The Bertz CT molecular complexity index is 544. The van der Waals surface area contributed by atoms with Gasteiger partial charge in [0.25, 0.3) is 5.91 Å². The molecule has 1 N–H and O–H groups in total. The van der Waals surface area contributed by atoms with Crippen LogP contribution < -0.4 is 5.32 Å². The zero-order valence-corrected chi connectivity index (χ0v) is 11.0. The van der Waals surface area contributed by atoms with Crippen LogP contribution in [0.1, 0.15) is 23.3 Å². The molecule has 1 saturated heterocycles. The topological polar surface area (TPSA) is 89.0 Å². The van der Waals surface area contributed by atoms with Crippen LogP contribution in [0, 0.1) is 0 Å². The third-order valence-electron chi connectivity index (χ3n) is 2.66. The number of hydrogen-bond acceptors (Lipinski definition) is 5. The fourth-order valence-electron chi connectivity index (χ4n) is 1.83. The minimum absolute atomic E-state index is 0.0141. The van der Waals surface area contributed by atoms with Gasteiger partial charge in [-0.15, -0.1) is 10.2 Å². The number of aromatic nitrogens is 2. The van der Waals surface area contributed by atoms with E-state index in [1.165, 1.54) is 12.1 Å². The molecule has 1 aliphatic heterocycles. The average molecular weight is 290 g/mol. The monoisotopic (exact) mass is 289 g/mol. The minimum atomic E-state index is -3.04. The lowest BCUT2D eigenvalue weighted by Crippen LogP contribution is -2.43. The van der Waals surface area contributed by atoms with Crippen LogP contribution in [0.15, 0.2) is 12.1 Å². The maximum absolute atomic E-state index is 11.8. The van der Waals surface area contributed by atoms with E-state index in [-0.39, 0.29) is 28.4 Å². The van der Waals surface area contributed by atoms with Crippen molar-refractivity contribution in [1.82, 2.24) is 15.5 Å². The summed E-state index contributed by atoms with van der Waals surface area (Å²) in [4.78, 5) is 11.8. The van der Waals surface area contributed by atoms with Gasteiger partial charge in [-0.3, -0.25) is 4.79 Å². The zero-order valence-electron chi connectivity index (χ0n) is 9.47. The van der Waals surface area contributed by atoms with Crippen LogP contribution in [0.4, 0.5) is 0 Å². The van der Waals surface area contributed by atoms with Crippen molar-refractivity contribution >= 4 is 27.3 Å². The Kier molecular flexibility index (Phi) is 3.82. The fraction of sp³-hybridized carbons (Fsp3) is 0.500. The van der Waals surface area contributed by atoms with Gasteiger partial charge in [0.1, 0.15) is 0 Å². The smallest absolute Gasteiger partial charge is 0.272 e. The van der Waals surface area contributed by atoms with Gasteiger partial charge in [-0.1, -0.05) is 11.6 Å². The van der Waals surface area contributed by atoms with Gasteiger partial charge in [0.05, 0.1) is 11.5 Å². The molecule has 1 aliphatic rings. The van der Waals surface area contributed by atoms with E-state index < -0.39 is 15.7 Å². The molecule has 98 valence electrons. The molecule has 1 aromatic heterocycles. The predicted molar refractivity (Wildman–Crippen MR) is 66.2 cm³/mol. The molecule has 0 saturated carbocycles. The third kappa shape index (κ3) is 3.39. The summed E-state index contributed by atoms with van der Waals surface area (Å²) in [5, 5.41) is 10.0. The van der Waals surface area contributed by atoms with Crippen molar-refractivity contribution in [3.63, 3.8) is 0 Å². The number of carbonyl (C=O) groups is 1. The maximum atomic E-state index is 11.8. The summed E-state index contributed by atoms with van der Waals surface area (Å²) < 4.78 is 22.9. The quantitative estimate of drug-likeness (QED) is 0.853. The number of amides is 1. The molecule has 0 spiro atoms. The van der Waals surface area contributed by atoms with Gasteiger partial charge in [-0.2, -0.15) is 0 Å². The van der Waals surface area contributed by atoms with Crippen LogP contribution in [0.25, 0.3) is 0 Å². The number of sulfone groups is 1. The second kappa shape index (κ2) is 5.19. The van der Waals surface area contributed by atoms with Crippen molar-refractivity contribution in [2.45, 2.75) is 18.9 Å². The van der Waals surface area contributed by atoms with Crippen molar-refractivity contribution < 1.29 is 13.2 Å². The fourth-order valence-corrected chi connectivity index (χ4v) is 3.57. The first-order valence-corrected chi connectivity index (χ1v) is 7.67. The Morgan fingerprint density at radius 3 is 2.78 bits per heavy atom. The summed E-state index contributed by atoms with van der Waals surface area (Å²) >= 11 is 5.56. The molecule has 8 heteroatoms. The lowest BCUT2D eigenvalue weighted by atomic mass is 10.2. The molecule has 6 nitrogen and oxygen atoms in total. The molecular formula is C10H12ClN3O3S. The summed E-state index contributed by atoms with van der Waals surface area (Å²) in [6.07, 6.45) is 1.23. The lowest BCUT2D eigenvalue weighted by Gasteiger charge is -2.22. The van der Waals surface area contributed by atoms with Gasteiger partial charge in [-0.25, -0.2) is 8.42 Å². The Hall–Kier alpha value is -1.21. The van der Waals surface area contributed by atoms with Crippen molar-refractivity contribution in [3.8, 4) is 0 Å². The van der Waals surface area contributed by atoms with E-state index in [4.69, 9.17) is 11.6 Å². The number of rotatable bonds is 2. The molecule has 1 amide bonds. The molecule has 0 aromatic carbocycles. The molecule has 1 unspecified atom stereocenters. The first kappa shape index (κ1) is 13.2. The molecule has 1 atom stereocenters. The normalized spacial score (nSPS) is 22.4. The number of halogens is 1. The third-order valence-corrected chi connectivity index (χ3v) is 4.69. The van der Waals surface area contributed by atoms with Crippen LogP contribution >= 0.6 is 11.6 Å². The highest BCUT2D eigenvalue weighted by molar-refractivity contribution is 7.91. The van der Waals surface area contributed by atoms with E-state index in [9.17, 15) is 13.2 Å². The van der Waals surface area contributed by atoms with Crippen LogP contribution in [0.2, 0.25) is 5.15 Å². The minimum Gasteiger partial charge on any atom is -0.347 e. The number of hydrogen-bond donors (Lipinski definition) is 1. The van der Waals surface area contributed by atoms with Gasteiger partial charge in [0.2, 0.25) is 0 Å². The second-order valence-electron chi connectivity index (χ2n) is 4.17. The number of nitrogens with one attached hydrogen (secondary N) is 1. The van der Waals surface area contributed by atoms with Crippen LogP contribution in [-0.2, 0) is 9.84 Å². The maximum Gasteiger partial charge on any atom is 0.272 e. The zero-order chi connectivity index (χ0) is 13.2. The highest BCUT2D eigenvalue weighted by Gasteiger charge is 2.26. The molecule has 18 heavy (non-hydrogen) atoms. The van der Waals surface area contributed by atoms with Gasteiger partial charge >= 0.3 is 0 Å². The Labute approximate surface area is 110 Å². The van der Waals surface area contributed by atoms with Crippen LogP contribution in [-0.4, -0.2) is 42.1 Å². The Morgan fingerprint density at radius 1 is 1.39 bits per heavy atom. The van der Waals surface area contributed by atoms with Crippen molar-refractivity contribution in [1.29, 1.82) is 0 Å². The summed E-state index contributed by atoms with van der Waals surface area (Å²) in [7, 11) is -3.04. The van der Waals surface area contributed by atoms with Gasteiger partial charge in [0, 0.05) is 6.04 Å². The number of nitrogens with zero attached hydrogens (tertiary/aromatic N) is 2. The number of carbonyl (C=O) groups excluding carboxylic acids is 1. The Morgan fingerprint density at radius 2 is 2.17 bits per heavy atom. The predicted octanol–water partition coefficient (Wildman–Crippen LogP) is 0.437. The van der Waals surface area contributed by atoms with Crippen molar-refractivity contribution in [2.24, 2.45) is 0 Å². The van der Waals surface area contributed by atoms with Crippen LogP contribution in [0.3, 0.4) is 0 Å². The summed E-state index contributed by atoms with van der Waals surface area (Å²) in [5.41, 5.74) is 0.127. The molecule has 0 radical (unpaired) electrons. The van der Waals surface area contributed by atoms with Gasteiger partial charge in [-0.05, 0) is 25.0 Å². The van der Waals surface area contributed by atoms with Gasteiger partial charge < -0.3 is 5.32 Å². The average Bonchev–Trinajstić information content (AvgIpc) is 2.28. The second-order valence-corrected chi connectivity index (χ2v) is 6.78. The van der Waals surface area contributed by atoms with E-state index in [0.29, 0.717) is 12.8 Å². The summed E-state index contributed by atoms with van der Waals surface area (Å²) in [6.45, 7) is 0. The SMILES string of the molecule is O=C(NC1CCCS(=O)(=O)C1)c1ccc(Cl)nn1. The molecule has 1 fully saturated rings. The molecule has 0 bridgehead atoms. The largest absolute Gasteiger partial charge is 0.347 e. The summed E-state index contributed by atoms with van der Waals surface area (Å²) in [5.74, 6) is -0.249. The van der Waals surface area contributed by atoms with Crippen LogP contribution in [0.5, 0.6) is 0 Å². The molecular weight excluding hydrogens is 278 g/mol. The highest BCUT2D eigenvalue weighted by atomic mass is 35.5. The first-order valence-electron chi connectivity index (χ1n) is 5.47. The lowest BCUT2D eigenvalue weighted by molar-refractivity contribution is 0.0932. The van der Waals surface area contributed by atoms with E-state index in [1.807, 2.05) is 0 Å². The van der Waals surface area contributed by atoms with Crippen molar-refractivity contribution in [3.05, 3.63) is 23.0 Å². The van der Waals surface area contributed by atoms with E-state index >= 15 is 0 Å². The van der Waals surface area contributed by atoms with Gasteiger partial charge in [0.15, 0.2) is 20.7 Å². The Balaban J connectivity index is 2.01. The van der Waals surface area contributed by atoms with E-state index in [1.54, 1.807) is 0 Å². The standard InChI is InChI=1S/C10H12ClN3O3S/c11-9-4-3-8(13-14-9)10(15)12-7-2-1-5-18(16,17)6-7/h3-4,7H,1-2,5-6H2,(H,12,15). The summed E-state index contributed by atoms with van der Waals surface area (Å²) in [6, 6.07) is 2.55. The molecule has 2 heterocycles.